The highest BCUT2D eigenvalue weighted by molar-refractivity contribution is 5.78. The Morgan fingerprint density at radius 1 is 1.45 bits per heavy atom. The van der Waals surface area contributed by atoms with Crippen molar-refractivity contribution in [3.8, 4) is 6.07 Å². The second-order valence-corrected chi connectivity index (χ2v) is 4.91. The molecule has 1 aromatic carbocycles. The van der Waals surface area contributed by atoms with Crippen LogP contribution < -0.4 is 10.6 Å². The molecule has 1 aliphatic rings. The number of nitrogens with one attached hydrogen (secondary N) is 2. The maximum atomic E-state index is 11.9. The molecule has 1 heterocycles. The second-order valence-electron chi connectivity index (χ2n) is 4.91. The number of amides is 1. The van der Waals surface area contributed by atoms with Crippen molar-refractivity contribution in [2.24, 2.45) is 0 Å². The summed E-state index contributed by atoms with van der Waals surface area (Å²) in [5.41, 5.74) is 1.21. The van der Waals surface area contributed by atoms with Gasteiger partial charge in [-0.15, -0.1) is 0 Å². The van der Waals surface area contributed by atoms with Crippen LogP contribution >= 0.6 is 0 Å². The van der Waals surface area contributed by atoms with Crippen molar-refractivity contribution in [1.82, 2.24) is 15.5 Å². The van der Waals surface area contributed by atoms with Crippen LogP contribution in [0, 0.1) is 11.3 Å². The van der Waals surface area contributed by atoms with Crippen molar-refractivity contribution in [3.05, 3.63) is 35.9 Å². The fourth-order valence-electron chi connectivity index (χ4n) is 2.29. The van der Waals surface area contributed by atoms with Gasteiger partial charge in [0.05, 0.1) is 12.6 Å². The number of rotatable bonds is 5. The normalized spacial score (nSPS) is 19.2. The van der Waals surface area contributed by atoms with Crippen LogP contribution in [-0.4, -0.2) is 49.6 Å². The van der Waals surface area contributed by atoms with E-state index in [0.29, 0.717) is 19.6 Å². The smallest absolute Gasteiger partial charge is 0.234 e. The number of nitrogens with zero attached hydrogens (tertiary/aromatic N) is 2. The molecule has 0 spiro atoms. The van der Waals surface area contributed by atoms with E-state index in [-0.39, 0.29) is 11.9 Å². The predicted octanol–water partition coefficient (Wildman–Crippen LogP) is 0.143. The molecule has 1 aliphatic heterocycles. The molecule has 0 radical (unpaired) electrons. The minimum Gasteiger partial charge on any atom is -0.355 e. The van der Waals surface area contributed by atoms with Gasteiger partial charge >= 0.3 is 0 Å². The van der Waals surface area contributed by atoms with Gasteiger partial charge in [0.2, 0.25) is 5.91 Å². The number of nitriles is 1. The number of piperazine rings is 1. The van der Waals surface area contributed by atoms with E-state index in [4.69, 9.17) is 5.26 Å². The fourth-order valence-corrected chi connectivity index (χ4v) is 2.29. The van der Waals surface area contributed by atoms with Crippen LogP contribution in [0.3, 0.4) is 0 Å². The number of carbonyl (C=O) groups excluding carboxylic acids is 1. The molecule has 5 nitrogen and oxygen atoms in total. The number of hydrogen-bond donors (Lipinski definition) is 2. The summed E-state index contributed by atoms with van der Waals surface area (Å²) in [5.74, 6) is -0.0110. The van der Waals surface area contributed by atoms with Gasteiger partial charge in [-0.05, 0) is 12.0 Å². The molecule has 2 rings (SSSR count). The van der Waals surface area contributed by atoms with Crippen LogP contribution in [0.1, 0.15) is 5.56 Å². The van der Waals surface area contributed by atoms with Gasteiger partial charge in [0.15, 0.2) is 0 Å². The fraction of sp³-hybridized carbons (Fsp3) is 0.467. The first kappa shape index (κ1) is 14.5. The molecule has 1 saturated heterocycles. The van der Waals surface area contributed by atoms with Crippen molar-refractivity contribution >= 4 is 5.91 Å². The van der Waals surface area contributed by atoms with Gasteiger partial charge in [-0.25, -0.2) is 0 Å². The zero-order valence-corrected chi connectivity index (χ0v) is 11.5. The molecule has 5 heteroatoms. The Labute approximate surface area is 119 Å². The molecule has 20 heavy (non-hydrogen) atoms. The van der Waals surface area contributed by atoms with Crippen molar-refractivity contribution in [2.75, 3.05) is 32.7 Å². The standard InChI is InChI=1S/C15H20N4O/c16-10-14-11-17-8-9-19(14)12-15(20)18-7-6-13-4-2-1-3-5-13/h1-5,14,17H,6-9,11-12H2,(H,18,20). The lowest BCUT2D eigenvalue weighted by molar-refractivity contribution is -0.122. The molecule has 1 unspecified atom stereocenters. The molecule has 106 valence electrons. The molecule has 1 atom stereocenters. The molecule has 1 aromatic rings. The average Bonchev–Trinajstić information content (AvgIpc) is 2.49. The lowest BCUT2D eigenvalue weighted by Gasteiger charge is -2.31. The second kappa shape index (κ2) is 7.63. The summed E-state index contributed by atoms with van der Waals surface area (Å²) in [6.45, 7) is 3.13. The molecule has 0 saturated carbocycles. The zero-order chi connectivity index (χ0) is 14.2. The Balaban J connectivity index is 1.71. The lowest BCUT2D eigenvalue weighted by atomic mass is 10.1. The first-order chi connectivity index (χ1) is 9.79. The van der Waals surface area contributed by atoms with Crippen molar-refractivity contribution < 1.29 is 4.79 Å². The zero-order valence-electron chi connectivity index (χ0n) is 11.5. The SMILES string of the molecule is N#CC1CNCCN1CC(=O)NCCc1ccccc1. The molecular weight excluding hydrogens is 252 g/mol. The van der Waals surface area contributed by atoms with Gasteiger partial charge in [0.25, 0.3) is 0 Å². The van der Waals surface area contributed by atoms with E-state index in [9.17, 15) is 4.79 Å². The van der Waals surface area contributed by atoms with Crippen LogP contribution in [0.5, 0.6) is 0 Å². The van der Waals surface area contributed by atoms with Crippen LogP contribution in [0.4, 0.5) is 0 Å². The first-order valence-corrected chi connectivity index (χ1v) is 6.94. The summed E-state index contributed by atoms with van der Waals surface area (Å²) in [6, 6.07) is 12.1. The van der Waals surface area contributed by atoms with E-state index in [0.717, 1.165) is 19.5 Å². The first-order valence-electron chi connectivity index (χ1n) is 6.94. The molecule has 0 bridgehead atoms. The highest BCUT2D eigenvalue weighted by Gasteiger charge is 2.23. The van der Waals surface area contributed by atoms with E-state index in [1.54, 1.807) is 0 Å². The molecule has 1 fully saturated rings. The summed E-state index contributed by atoms with van der Waals surface area (Å²) < 4.78 is 0. The predicted molar refractivity (Wildman–Crippen MR) is 77.0 cm³/mol. The third-order valence-corrected chi connectivity index (χ3v) is 3.43. The van der Waals surface area contributed by atoms with Gasteiger partial charge in [0.1, 0.15) is 6.04 Å². The summed E-state index contributed by atoms with van der Waals surface area (Å²) >= 11 is 0. The van der Waals surface area contributed by atoms with Crippen LogP contribution in [0.25, 0.3) is 0 Å². The summed E-state index contributed by atoms with van der Waals surface area (Å²) in [4.78, 5) is 13.8. The number of benzene rings is 1. The molecule has 1 amide bonds. The quantitative estimate of drug-likeness (QED) is 0.800. The van der Waals surface area contributed by atoms with E-state index >= 15 is 0 Å². The minimum absolute atomic E-state index is 0.0110. The van der Waals surface area contributed by atoms with Crippen molar-refractivity contribution in [3.63, 3.8) is 0 Å². The largest absolute Gasteiger partial charge is 0.355 e. The minimum atomic E-state index is -0.205. The topological polar surface area (TPSA) is 68.2 Å². The Kier molecular flexibility index (Phi) is 5.54. The Hall–Kier alpha value is -1.90. The monoisotopic (exact) mass is 272 g/mol. The number of carbonyl (C=O) groups is 1. The van der Waals surface area contributed by atoms with E-state index in [2.05, 4.69) is 16.7 Å². The third kappa shape index (κ3) is 4.34. The molecular formula is C15H20N4O. The summed E-state index contributed by atoms with van der Waals surface area (Å²) in [6.07, 6.45) is 0.829. The Bertz CT molecular complexity index is 469. The average molecular weight is 272 g/mol. The van der Waals surface area contributed by atoms with Gasteiger partial charge in [-0.3, -0.25) is 9.69 Å². The summed E-state index contributed by atoms with van der Waals surface area (Å²) in [5, 5.41) is 15.1. The Morgan fingerprint density at radius 3 is 3.00 bits per heavy atom. The summed E-state index contributed by atoms with van der Waals surface area (Å²) in [7, 11) is 0. The van der Waals surface area contributed by atoms with Crippen LogP contribution in [0.15, 0.2) is 30.3 Å². The highest BCUT2D eigenvalue weighted by Crippen LogP contribution is 2.02. The van der Waals surface area contributed by atoms with Gasteiger partial charge in [-0.2, -0.15) is 5.26 Å². The maximum absolute atomic E-state index is 11.9. The molecule has 2 N–H and O–H groups in total. The highest BCUT2D eigenvalue weighted by atomic mass is 16.2. The van der Waals surface area contributed by atoms with E-state index in [1.165, 1.54) is 5.56 Å². The third-order valence-electron chi connectivity index (χ3n) is 3.43. The van der Waals surface area contributed by atoms with E-state index < -0.39 is 0 Å². The van der Waals surface area contributed by atoms with Gasteiger partial charge in [-0.1, -0.05) is 30.3 Å². The van der Waals surface area contributed by atoms with Crippen molar-refractivity contribution in [1.29, 1.82) is 5.26 Å². The van der Waals surface area contributed by atoms with Crippen molar-refractivity contribution in [2.45, 2.75) is 12.5 Å². The lowest BCUT2D eigenvalue weighted by Crippen LogP contribution is -2.53. The van der Waals surface area contributed by atoms with Crippen LogP contribution in [0.2, 0.25) is 0 Å². The maximum Gasteiger partial charge on any atom is 0.234 e. The molecule has 0 aliphatic carbocycles. The van der Waals surface area contributed by atoms with E-state index in [1.807, 2.05) is 35.2 Å². The van der Waals surface area contributed by atoms with Crippen LogP contribution in [-0.2, 0) is 11.2 Å². The molecule has 0 aromatic heterocycles. The van der Waals surface area contributed by atoms with Gasteiger partial charge in [0, 0.05) is 26.2 Å². The Morgan fingerprint density at radius 2 is 2.25 bits per heavy atom. The van der Waals surface area contributed by atoms with Gasteiger partial charge < -0.3 is 10.6 Å². The number of hydrogen-bond acceptors (Lipinski definition) is 4.